The molecule has 0 radical (unpaired) electrons. The molecule has 9 heteroatoms. The third-order valence-corrected chi connectivity index (χ3v) is 5.70. The number of nitrogens with one attached hydrogen (secondary N) is 2. The van der Waals surface area contributed by atoms with Gasteiger partial charge in [0, 0.05) is 17.8 Å². The fraction of sp³-hybridized carbons (Fsp3) is 0.261. The molecule has 0 bridgehead atoms. The lowest BCUT2D eigenvalue weighted by molar-refractivity contribution is -0.123. The average molecular weight is 455 g/mol. The van der Waals surface area contributed by atoms with E-state index in [0.29, 0.717) is 28.0 Å². The number of carbonyl (C=O) groups is 2. The first-order chi connectivity index (χ1) is 15.4. The number of aryl methyl sites for hydroxylation is 1. The quantitative estimate of drug-likeness (QED) is 0.558. The van der Waals surface area contributed by atoms with Gasteiger partial charge in [-0.05, 0) is 42.3 Å². The number of anilines is 2. The van der Waals surface area contributed by atoms with Gasteiger partial charge in [-0.25, -0.2) is 4.68 Å². The van der Waals surface area contributed by atoms with Crippen LogP contribution < -0.4 is 15.4 Å². The molecule has 1 aromatic heterocycles. The van der Waals surface area contributed by atoms with Gasteiger partial charge in [0.25, 0.3) is 5.91 Å². The maximum absolute atomic E-state index is 12.7. The van der Waals surface area contributed by atoms with E-state index < -0.39 is 6.04 Å². The van der Waals surface area contributed by atoms with Crippen LogP contribution >= 0.6 is 11.6 Å². The molecule has 166 valence electrons. The Morgan fingerprint density at radius 2 is 2.06 bits per heavy atom. The summed E-state index contributed by atoms with van der Waals surface area (Å²) >= 11 is 6.14. The lowest BCUT2D eigenvalue weighted by Crippen LogP contribution is -2.24. The Hall–Kier alpha value is -3.36. The normalized spacial score (nSPS) is 14.8. The largest absolute Gasteiger partial charge is 0.497 e. The molecule has 0 aliphatic carbocycles. The molecule has 0 spiro atoms. The van der Waals surface area contributed by atoms with Crippen LogP contribution in [0.1, 0.15) is 23.7 Å². The molecule has 2 N–H and O–H groups in total. The lowest BCUT2D eigenvalue weighted by Gasteiger charge is -2.11. The van der Waals surface area contributed by atoms with Crippen molar-refractivity contribution in [1.82, 2.24) is 9.78 Å². The zero-order chi connectivity index (χ0) is 22.8. The van der Waals surface area contributed by atoms with Gasteiger partial charge in [-0.1, -0.05) is 29.8 Å². The van der Waals surface area contributed by atoms with Crippen molar-refractivity contribution >= 4 is 34.9 Å². The number of rotatable bonds is 7. The Labute approximate surface area is 190 Å². The standard InChI is InChI=1S/C23H23ClN4O4/c1-13-7-8-15(10-17(13)24)25-20(29)11-19-23(30)26-22-21(18(12-31-2)27-28(19)22)14-5-4-6-16(9-14)32-3/h4-10,19H,11-12H2,1-3H3,(H,25,29)(H,26,30). The fourth-order valence-corrected chi connectivity index (χ4v) is 3.88. The van der Waals surface area contributed by atoms with E-state index in [4.69, 9.17) is 21.1 Å². The monoisotopic (exact) mass is 454 g/mol. The number of hydrogen-bond acceptors (Lipinski definition) is 5. The van der Waals surface area contributed by atoms with Crippen LogP contribution in [0.5, 0.6) is 5.75 Å². The van der Waals surface area contributed by atoms with Crippen LogP contribution in [0.25, 0.3) is 11.1 Å². The molecule has 0 saturated heterocycles. The van der Waals surface area contributed by atoms with Crippen LogP contribution in [-0.4, -0.2) is 35.8 Å². The van der Waals surface area contributed by atoms with E-state index in [1.54, 1.807) is 31.0 Å². The molecular formula is C23H23ClN4O4. The molecule has 8 nitrogen and oxygen atoms in total. The predicted molar refractivity (Wildman–Crippen MR) is 122 cm³/mol. The molecule has 0 saturated carbocycles. The number of amides is 2. The second-order valence-electron chi connectivity index (χ2n) is 7.50. The summed E-state index contributed by atoms with van der Waals surface area (Å²) in [4.78, 5) is 25.4. The summed E-state index contributed by atoms with van der Waals surface area (Å²) < 4.78 is 12.2. The summed E-state index contributed by atoms with van der Waals surface area (Å²) in [5.74, 6) is 0.608. The van der Waals surface area contributed by atoms with Crippen LogP contribution in [0.15, 0.2) is 42.5 Å². The van der Waals surface area contributed by atoms with Crippen LogP contribution in [0, 0.1) is 6.92 Å². The highest BCUT2D eigenvalue weighted by Crippen LogP contribution is 2.39. The van der Waals surface area contributed by atoms with Gasteiger partial charge >= 0.3 is 0 Å². The predicted octanol–water partition coefficient (Wildman–Crippen LogP) is 4.19. The van der Waals surface area contributed by atoms with Crippen LogP contribution in [-0.2, 0) is 20.9 Å². The van der Waals surface area contributed by atoms with Gasteiger partial charge < -0.3 is 20.1 Å². The van der Waals surface area contributed by atoms with Crippen molar-refractivity contribution in [3.05, 3.63) is 58.7 Å². The summed E-state index contributed by atoms with van der Waals surface area (Å²) in [5, 5.41) is 10.8. The Morgan fingerprint density at radius 3 is 2.78 bits per heavy atom. The van der Waals surface area contributed by atoms with E-state index in [9.17, 15) is 9.59 Å². The SMILES string of the molecule is COCc1nn2c(c1-c1cccc(OC)c1)NC(=O)C2CC(=O)Nc1ccc(C)c(Cl)c1. The molecule has 32 heavy (non-hydrogen) atoms. The third kappa shape index (κ3) is 4.19. The average Bonchev–Trinajstić information content (AvgIpc) is 3.26. The van der Waals surface area contributed by atoms with Gasteiger partial charge in [-0.2, -0.15) is 5.10 Å². The molecule has 1 atom stereocenters. The molecule has 0 fully saturated rings. The minimum Gasteiger partial charge on any atom is -0.497 e. The van der Waals surface area contributed by atoms with E-state index in [1.807, 2.05) is 37.3 Å². The first kappa shape index (κ1) is 21.9. The minimum absolute atomic E-state index is 0.0734. The number of methoxy groups -OCH3 is 2. The smallest absolute Gasteiger partial charge is 0.251 e. The molecule has 4 rings (SSSR count). The van der Waals surface area contributed by atoms with E-state index >= 15 is 0 Å². The Bertz CT molecular complexity index is 1190. The molecule has 2 heterocycles. The minimum atomic E-state index is -0.777. The second-order valence-corrected chi connectivity index (χ2v) is 7.91. The van der Waals surface area contributed by atoms with E-state index in [1.165, 1.54) is 0 Å². The molecule has 2 aromatic carbocycles. The van der Waals surface area contributed by atoms with Crippen molar-refractivity contribution < 1.29 is 19.1 Å². The Balaban J connectivity index is 1.63. The van der Waals surface area contributed by atoms with Crippen molar-refractivity contribution in [2.45, 2.75) is 26.0 Å². The van der Waals surface area contributed by atoms with Crippen molar-refractivity contribution in [1.29, 1.82) is 0 Å². The highest BCUT2D eigenvalue weighted by Gasteiger charge is 2.37. The topological polar surface area (TPSA) is 94.5 Å². The maximum Gasteiger partial charge on any atom is 0.251 e. The molecule has 3 aromatic rings. The summed E-state index contributed by atoms with van der Waals surface area (Å²) in [6.07, 6.45) is -0.0734. The van der Waals surface area contributed by atoms with Crippen molar-refractivity contribution in [2.24, 2.45) is 0 Å². The van der Waals surface area contributed by atoms with Gasteiger partial charge in [0.15, 0.2) is 0 Å². The van der Waals surface area contributed by atoms with Gasteiger partial charge in [-0.15, -0.1) is 0 Å². The molecule has 1 aliphatic heterocycles. The highest BCUT2D eigenvalue weighted by molar-refractivity contribution is 6.31. The van der Waals surface area contributed by atoms with E-state index in [2.05, 4.69) is 15.7 Å². The molecule has 1 unspecified atom stereocenters. The molecule has 2 amide bonds. The first-order valence-electron chi connectivity index (χ1n) is 10.0. The zero-order valence-corrected chi connectivity index (χ0v) is 18.7. The van der Waals surface area contributed by atoms with Crippen molar-refractivity contribution in [3.63, 3.8) is 0 Å². The summed E-state index contributed by atoms with van der Waals surface area (Å²) in [7, 11) is 3.17. The first-order valence-corrected chi connectivity index (χ1v) is 10.4. The highest BCUT2D eigenvalue weighted by atomic mass is 35.5. The number of halogens is 1. The van der Waals surface area contributed by atoms with Gasteiger partial charge in [0.1, 0.15) is 17.6 Å². The zero-order valence-electron chi connectivity index (χ0n) is 17.9. The number of fused-ring (bicyclic) bond motifs is 1. The van der Waals surface area contributed by atoms with Gasteiger partial charge in [-0.3, -0.25) is 9.59 Å². The maximum atomic E-state index is 12.7. The van der Waals surface area contributed by atoms with Crippen LogP contribution in [0.3, 0.4) is 0 Å². The second kappa shape index (κ2) is 9.02. The van der Waals surface area contributed by atoms with Crippen molar-refractivity contribution in [3.8, 4) is 16.9 Å². The molecular weight excluding hydrogens is 432 g/mol. The Kier molecular flexibility index (Phi) is 6.16. The number of hydrogen-bond donors (Lipinski definition) is 2. The number of aromatic nitrogens is 2. The van der Waals surface area contributed by atoms with E-state index in [-0.39, 0.29) is 24.8 Å². The number of ether oxygens (including phenoxy) is 2. The van der Waals surface area contributed by atoms with Crippen LogP contribution in [0.2, 0.25) is 5.02 Å². The van der Waals surface area contributed by atoms with Crippen LogP contribution in [0.4, 0.5) is 11.5 Å². The number of nitrogens with zero attached hydrogens (tertiary/aromatic N) is 2. The number of benzene rings is 2. The molecule has 1 aliphatic rings. The summed E-state index contributed by atoms with van der Waals surface area (Å²) in [6.45, 7) is 2.14. The van der Waals surface area contributed by atoms with E-state index in [0.717, 1.165) is 16.7 Å². The Morgan fingerprint density at radius 1 is 1.25 bits per heavy atom. The summed E-state index contributed by atoms with van der Waals surface area (Å²) in [6, 6.07) is 12.0. The van der Waals surface area contributed by atoms with Gasteiger partial charge in [0.2, 0.25) is 5.91 Å². The fourth-order valence-electron chi connectivity index (χ4n) is 3.69. The lowest BCUT2D eigenvalue weighted by atomic mass is 10.1. The van der Waals surface area contributed by atoms with Crippen molar-refractivity contribution in [2.75, 3.05) is 24.9 Å². The third-order valence-electron chi connectivity index (χ3n) is 5.30. The summed E-state index contributed by atoms with van der Waals surface area (Å²) in [5.41, 5.74) is 3.72. The number of carbonyl (C=O) groups excluding carboxylic acids is 2. The van der Waals surface area contributed by atoms with Gasteiger partial charge in [0.05, 0.1) is 31.4 Å².